The van der Waals surface area contributed by atoms with Crippen LogP contribution in [0.5, 0.6) is 0 Å². The van der Waals surface area contributed by atoms with Crippen molar-refractivity contribution < 1.29 is 23.9 Å². The van der Waals surface area contributed by atoms with E-state index in [2.05, 4.69) is 46.9 Å². The lowest BCUT2D eigenvalue weighted by atomic mass is 9.90. The van der Waals surface area contributed by atoms with Gasteiger partial charge in [0.25, 0.3) is 11.5 Å². The van der Waals surface area contributed by atoms with Crippen LogP contribution in [0.4, 0.5) is 15.3 Å². The molecule has 0 radical (unpaired) electrons. The quantitative estimate of drug-likeness (QED) is 0.228. The summed E-state index contributed by atoms with van der Waals surface area (Å²) < 4.78 is 11.3. The predicted octanol–water partition coefficient (Wildman–Crippen LogP) is 7.35. The molecule has 0 aliphatic carbocycles. The largest absolute Gasteiger partial charge is 0.444 e. The second-order valence-corrected chi connectivity index (χ2v) is 18.1. The van der Waals surface area contributed by atoms with Crippen LogP contribution in [0.2, 0.25) is 0 Å². The van der Waals surface area contributed by atoms with Gasteiger partial charge in [-0.1, -0.05) is 6.07 Å². The number of nitrogens with one attached hydrogen (secondary N) is 2. The molecular formula is C45H65N7O6. The molecule has 13 nitrogen and oxygen atoms in total. The summed E-state index contributed by atoms with van der Waals surface area (Å²) in [6, 6.07) is 10.0. The van der Waals surface area contributed by atoms with Gasteiger partial charge in [0, 0.05) is 98.2 Å². The highest BCUT2D eigenvalue weighted by molar-refractivity contribution is 5.99. The summed E-state index contributed by atoms with van der Waals surface area (Å²) >= 11 is 0. The number of hydrogen-bond acceptors (Lipinski definition) is 9. The third-order valence-electron chi connectivity index (χ3n) is 11.0. The molecule has 2 aromatic heterocycles. The zero-order valence-corrected chi connectivity index (χ0v) is 36.7. The number of anilines is 1. The van der Waals surface area contributed by atoms with E-state index in [-0.39, 0.29) is 48.3 Å². The van der Waals surface area contributed by atoms with Crippen LogP contribution in [0.3, 0.4) is 0 Å². The zero-order valence-electron chi connectivity index (χ0n) is 36.7. The van der Waals surface area contributed by atoms with Gasteiger partial charge in [-0.2, -0.15) is 0 Å². The lowest BCUT2D eigenvalue weighted by Gasteiger charge is -2.47. The number of aromatic amines is 1. The Morgan fingerprint density at radius 2 is 1.50 bits per heavy atom. The number of hydrogen-bond donors (Lipinski definition) is 2. The highest BCUT2D eigenvalue weighted by Gasteiger charge is 2.39. The van der Waals surface area contributed by atoms with Crippen molar-refractivity contribution in [1.82, 2.24) is 30.0 Å². The average Bonchev–Trinajstić information content (AvgIpc) is 3.11. The summed E-state index contributed by atoms with van der Waals surface area (Å²) in [5.41, 5.74) is 5.72. The summed E-state index contributed by atoms with van der Waals surface area (Å²) in [6.45, 7) is 27.3. The van der Waals surface area contributed by atoms with Crippen molar-refractivity contribution in [2.45, 2.75) is 138 Å². The molecule has 3 amide bonds. The van der Waals surface area contributed by atoms with Gasteiger partial charge in [-0.05, 0) is 137 Å². The summed E-state index contributed by atoms with van der Waals surface area (Å²) in [7, 11) is 0. The number of H-pyrrole nitrogens is 1. The molecule has 316 valence electrons. The number of aryl methyl sites for hydroxylation is 2. The number of carbonyl (C=O) groups is 3. The van der Waals surface area contributed by atoms with Crippen LogP contribution in [0.15, 0.2) is 41.3 Å². The molecule has 2 aliphatic rings. The first-order chi connectivity index (χ1) is 27.1. The lowest BCUT2D eigenvalue weighted by molar-refractivity contribution is -0.00259. The van der Waals surface area contributed by atoms with Crippen molar-refractivity contribution in [1.29, 1.82) is 0 Å². The fraction of sp³-hybridized carbons (Fsp3) is 0.578. The van der Waals surface area contributed by atoms with E-state index in [4.69, 9.17) is 14.5 Å². The molecule has 5 rings (SSSR count). The van der Waals surface area contributed by atoms with Crippen LogP contribution < -0.4 is 15.8 Å². The second kappa shape index (κ2) is 17.9. The molecule has 0 bridgehead atoms. The van der Waals surface area contributed by atoms with Crippen LogP contribution in [0, 0.1) is 20.8 Å². The summed E-state index contributed by atoms with van der Waals surface area (Å²) in [5, 5.41) is 3.04. The van der Waals surface area contributed by atoms with E-state index in [0.717, 1.165) is 65.3 Å². The van der Waals surface area contributed by atoms with Crippen LogP contribution in [-0.4, -0.2) is 105 Å². The normalized spacial score (nSPS) is 19.1. The van der Waals surface area contributed by atoms with Crippen LogP contribution in [0.25, 0.3) is 11.1 Å². The number of pyridine rings is 2. The molecule has 2 fully saturated rings. The predicted molar refractivity (Wildman–Crippen MR) is 228 cm³/mol. The van der Waals surface area contributed by atoms with Gasteiger partial charge < -0.3 is 34.5 Å². The number of ether oxygens (including phenoxy) is 2. The summed E-state index contributed by atoms with van der Waals surface area (Å²) in [6.07, 6.45) is 2.75. The number of carbonyl (C=O) groups excluding carboxylic acids is 3. The van der Waals surface area contributed by atoms with E-state index in [1.54, 1.807) is 4.90 Å². The number of aromatic nitrogens is 2. The summed E-state index contributed by atoms with van der Waals surface area (Å²) in [4.78, 5) is 68.8. The van der Waals surface area contributed by atoms with Crippen molar-refractivity contribution in [3.63, 3.8) is 0 Å². The fourth-order valence-corrected chi connectivity index (χ4v) is 8.20. The monoisotopic (exact) mass is 799 g/mol. The highest BCUT2D eigenvalue weighted by atomic mass is 16.6. The number of piperidine rings is 1. The Bertz CT molecular complexity index is 2000. The van der Waals surface area contributed by atoms with E-state index in [1.807, 2.05) is 97.7 Å². The van der Waals surface area contributed by atoms with E-state index >= 15 is 0 Å². The topological polar surface area (TPSA) is 140 Å². The number of amides is 3. The standard InChI is InChI=1S/C45H65N7O6/c1-13-51(36-21-30(4)52(31(5)22-36)43(56)58-45(10,11)12)39-24-34(23-37(32(39)6)40(53)47-26-38-28(2)20-29(3)48-41(38)54)33-14-15-35(46-25-33)27-49-16-18-50(19-17-49)42(55)57-44(7,8)9/h14-15,20,23-25,30-31,36H,13,16-19,21-22,26-27H2,1-12H3,(H,47,53)(H,48,54)/t30-,31?,36?/m1/s1. The van der Waals surface area contributed by atoms with Gasteiger partial charge in [0.1, 0.15) is 11.2 Å². The number of likely N-dealkylation sites (tertiary alicyclic amines) is 1. The molecule has 2 unspecified atom stereocenters. The van der Waals surface area contributed by atoms with Crippen molar-refractivity contribution >= 4 is 23.8 Å². The molecule has 13 heteroatoms. The molecule has 0 spiro atoms. The smallest absolute Gasteiger partial charge is 0.410 e. The minimum atomic E-state index is -0.588. The third kappa shape index (κ3) is 11.0. The first-order valence-corrected chi connectivity index (χ1v) is 20.7. The van der Waals surface area contributed by atoms with Gasteiger partial charge >= 0.3 is 12.2 Å². The molecule has 3 aromatic rings. The van der Waals surface area contributed by atoms with Crippen LogP contribution in [0.1, 0.15) is 114 Å². The maximum absolute atomic E-state index is 14.1. The molecular weight excluding hydrogens is 735 g/mol. The molecule has 58 heavy (non-hydrogen) atoms. The Labute approximate surface area is 344 Å². The van der Waals surface area contributed by atoms with Crippen molar-refractivity contribution in [2.24, 2.45) is 0 Å². The molecule has 2 N–H and O–H groups in total. The van der Waals surface area contributed by atoms with E-state index < -0.39 is 11.2 Å². The van der Waals surface area contributed by atoms with Crippen LogP contribution >= 0.6 is 0 Å². The van der Waals surface area contributed by atoms with Gasteiger partial charge in [0.2, 0.25) is 0 Å². The van der Waals surface area contributed by atoms with Crippen molar-refractivity contribution in [3.8, 4) is 11.1 Å². The Morgan fingerprint density at radius 3 is 2.05 bits per heavy atom. The third-order valence-corrected chi connectivity index (χ3v) is 11.0. The molecule has 2 saturated heterocycles. The minimum absolute atomic E-state index is 0.0585. The number of benzene rings is 1. The van der Waals surface area contributed by atoms with Crippen molar-refractivity contribution in [2.75, 3.05) is 37.6 Å². The molecule has 3 atom stereocenters. The van der Waals surface area contributed by atoms with Gasteiger partial charge in [0.05, 0.1) is 5.69 Å². The number of piperazine rings is 1. The SMILES string of the molecule is CCN(c1cc(-c2ccc(CN3CCN(C(=O)OC(C)(C)C)CC3)nc2)cc(C(=O)NCc2c(C)cc(C)[nH]c2=O)c1C)C1CC(C)N(C(=O)OC(C)(C)C)[C@H](C)C1. The second-order valence-electron chi connectivity index (χ2n) is 18.1. The highest BCUT2D eigenvalue weighted by Crippen LogP contribution is 2.36. The van der Waals surface area contributed by atoms with E-state index in [1.165, 1.54) is 0 Å². The number of rotatable bonds is 9. The first-order valence-electron chi connectivity index (χ1n) is 20.7. The Kier molecular flexibility index (Phi) is 13.7. The minimum Gasteiger partial charge on any atom is -0.444 e. The molecule has 4 heterocycles. The van der Waals surface area contributed by atoms with Gasteiger partial charge in [-0.15, -0.1) is 0 Å². The first kappa shape index (κ1) is 44.2. The average molecular weight is 800 g/mol. The Balaban J connectivity index is 1.41. The maximum Gasteiger partial charge on any atom is 0.410 e. The Hall–Kier alpha value is -4.91. The Morgan fingerprint density at radius 1 is 0.879 bits per heavy atom. The zero-order chi connectivity index (χ0) is 42.7. The molecule has 0 saturated carbocycles. The lowest BCUT2D eigenvalue weighted by Crippen LogP contribution is -2.56. The summed E-state index contributed by atoms with van der Waals surface area (Å²) in [5.74, 6) is -0.271. The van der Waals surface area contributed by atoms with E-state index in [0.29, 0.717) is 37.3 Å². The van der Waals surface area contributed by atoms with Crippen molar-refractivity contribution in [3.05, 3.63) is 80.5 Å². The van der Waals surface area contributed by atoms with E-state index in [9.17, 15) is 19.2 Å². The molecule has 1 aromatic carbocycles. The number of nitrogens with zero attached hydrogens (tertiary/aromatic N) is 5. The van der Waals surface area contributed by atoms with Crippen LogP contribution in [-0.2, 0) is 22.6 Å². The van der Waals surface area contributed by atoms with Gasteiger partial charge in [0.15, 0.2) is 0 Å². The maximum atomic E-state index is 14.1. The van der Waals surface area contributed by atoms with Gasteiger partial charge in [-0.25, -0.2) is 9.59 Å². The molecule has 2 aliphatic heterocycles. The van der Waals surface area contributed by atoms with Gasteiger partial charge in [-0.3, -0.25) is 19.5 Å². The fourth-order valence-electron chi connectivity index (χ4n) is 8.20.